The van der Waals surface area contributed by atoms with E-state index in [-0.39, 0.29) is 0 Å². The quantitative estimate of drug-likeness (QED) is 0.810. The largest absolute Gasteiger partial charge is 0.355 e. The van der Waals surface area contributed by atoms with Crippen LogP contribution < -0.4 is 10.6 Å². The summed E-state index contributed by atoms with van der Waals surface area (Å²) in [6.45, 7) is 0.459. The first-order chi connectivity index (χ1) is 7.31. The number of nitrogens with zero attached hydrogens (tertiary/aromatic N) is 3. The van der Waals surface area contributed by atoms with Crippen LogP contribution in [-0.4, -0.2) is 23.3 Å². The van der Waals surface area contributed by atoms with E-state index in [0.717, 1.165) is 11.5 Å². The second-order valence-electron chi connectivity index (χ2n) is 4.14. The normalized spacial score (nSPS) is 16.9. The zero-order valence-electron chi connectivity index (χ0n) is 9.19. The van der Waals surface area contributed by atoms with Gasteiger partial charge in [0.25, 0.3) is 0 Å². The molecule has 1 heterocycles. The molecule has 1 aromatic heterocycles. The minimum Gasteiger partial charge on any atom is -0.355 e. The average Bonchev–Trinajstić information content (AvgIpc) is 2.82. The molecule has 1 aromatic rings. The van der Waals surface area contributed by atoms with Gasteiger partial charge in [-0.05, 0) is 25.0 Å². The summed E-state index contributed by atoms with van der Waals surface area (Å²) in [6, 6.07) is 4.60. The van der Waals surface area contributed by atoms with Crippen LogP contribution in [0, 0.1) is 0 Å². The Bertz CT molecular complexity index is 303. The minimum absolute atomic E-state index is 0.459. The molecule has 1 aliphatic carbocycles. The maximum absolute atomic E-state index is 5.48. The van der Waals surface area contributed by atoms with Crippen LogP contribution in [0.25, 0.3) is 0 Å². The van der Waals surface area contributed by atoms with E-state index in [0.29, 0.717) is 12.6 Å². The molecular weight excluding hydrogens is 188 g/mol. The monoisotopic (exact) mass is 206 g/mol. The number of nitrogens with two attached hydrogens (primary N) is 1. The van der Waals surface area contributed by atoms with Crippen molar-refractivity contribution < 1.29 is 0 Å². The Balaban J connectivity index is 2.07. The highest BCUT2D eigenvalue weighted by Crippen LogP contribution is 2.25. The van der Waals surface area contributed by atoms with Gasteiger partial charge in [0.15, 0.2) is 5.82 Å². The van der Waals surface area contributed by atoms with Gasteiger partial charge >= 0.3 is 0 Å². The van der Waals surface area contributed by atoms with E-state index >= 15 is 0 Å². The number of aromatic nitrogens is 2. The first kappa shape index (κ1) is 10.4. The van der Waals surface area contributed by atoms with Crippen LogP contribution in [0.2, 0.25) is 0 Å². The molecule has 2 N–H and O–H groups in total. The molecule has 0 atom stereocenters. The van der Waals surface area contributed by atoms with Crippen LogP contribution in [0.5, 0.6) is 0 Å². The fraction of sp³-hybridized carbons (Fsp3) is 0.636. The SMILES string of the molecule is CN(c1ccc(CN)nn1)C1CCCC1. The summed E-state index contributed by atoms with van der Waals surface area (Å²) in [7, 11) is 2.10. The Kier molecular flexibility index (Phi) is 3.16. The summed E-state index contributed by atoms with van der Waals surface area (Å²) >= 11 is 0. The van der Waals surface area contributed by atoms with Gasteiger partial charge in [0.2, 0.25) is 0 Å². The van der Waals surface area contributed by atoms with Gasteiger partial charge in [-0.3, -0.25) is 0 Å². The standard InChI is InChI=1S/C11H18N4/c1-15(10-4-2-3-5-10)11-7-6-9(8-12)13-14-11/h6-7,10H,2-5,8,12H2,1H3. The molecule has 82 valence electrons. The maximum Gasteiger partial charge on any atom is 0.151 e. The van der Waals surface area contributed by atoms with Gasteiger partial charge in [-0.15, -0.1) is 5.10 Å². The van der Waals surface area contributed by atoms with Gasteiger partial charge in [-0.2, -0.15) is 5.10 Å². The Morgan fingerprint density at radius 1 is 1.33 bits per heavy atom. The minimum atomic E-state index is 0.459. The van der Waals surface area contributed by atoms with Crippen LogP contribution in [-0.2, 0) is 6.54 Å². The Morgan fingerprint density at radius 3 is 2.60 bits per heavy atom. The number of anilines is 1. The van der Waals surface area contributed by atoms with Crippen molar-refractivity contribution in [3.63, 3.8) is 0 Å². The van der Waals surface area contributed by atoms with Crippen molar-refractivity contribution in [3.8, 4) is 0 Å². The maximum atomic E-state index is 5.48. The van der Waals surface area contributed by atoms with E-state index in [1.807, 2.05) is 12.1 Å². The molecule has 0 bridgehead atoms. The van der Waals surface area contributed by atoms with Crippen LogP contribution in [0.4, 0.5) is 5.82 Å². The molecule has 1 saturated carbocycles. The van der Waals surface area contributed by atoms with E-state index < -0.39 is 0 Å². The zero-order valence-corrected chi connectivity index (χ0v) is 9.19. The van der Waals surface area contributed by atoms with E-state index in [2.05, 4.69) is 22.1 Å². The first-order valence-electron chi connectivity index (χ1n) is 5.57. The van der Waals surface area contributed by atoms with Crippen LogP contribution in [0.3, 0.4) is 0 Å². The molecule has 0 unspecified atom stereocenters. The average molecular weight is 206 g/mol. The molecule has 1 aliphatic rings. The fourth-order valence-corrected chi connectivity index (χ4v) is 2.13. The summed E-state index contributed by atoms with van der Waals surface area (Å²) in [5.41, 5.74) is 6.33. The molecule has 0 aliphatic heterocycles. The summed E-state index contributed by atoms with van der Waals surface area (Å²) in [5, 5.41) is 8.26. The fourth-order valence-electron chi connectivity index (χ4n) is 2.13. The summed E-state index contributed by atoms with van der Waals surface area (Å²) < 4.78 is 0. The van der Waals surface area contributed by atoms with Crippen molar-refractivity contribution in [2.75, 3.05) is 11.9 Å². The molecule has 15 heavy (non-hydrogen) atoms. The topological polar surface area (TPSA) is 55.0 Å². The summed E-state index contributed by atoms with van der Waals surface area (Å²) in [5.74, 6) is 0.958. The molecule has 0 radical (unpaired) electrons. The molecular formula is C11H18N4. The lowest BCUT2D eigenvalue weighted by Crippen LogP contribution is -2.29. The van der Waals surface area contributed by atoms with E-state index in [4.69, 9.17) is 5.73 Å². The van der Waals surface area contributed by atoms with Crippen molar-refractivity contribution in [2.24, 2.45) is 5.73 Å². The third-order valence-electron chi connectivity index (χ3n) is 3.15. The third kappa shape index (κ3) is 2.26. The predicted octanol–water partition coefficient (Wildman–Crippen LogP) is 1.31. The van der Waals surface area contributed by atoms with Crippen LogP contribution >= 0.6 is 0 Å². The van der Waals surface area contributed by atoms with Crippen molar-refractivity contribution in [1.82, 2.24) is 10.2 Å². The summed E-state index contributed by atoms with van der Waals surface area (Å²) in [4.78, 5) is 2.24. The molecule has 2 rings (SSSR count). The second-order valence-corrected chi connectivity index (χ2v) is 4.14. The van der Waals surface area contributed by atoms with Gasteiger partial charge in [0.1, 0.15) is 0 Å². The van der Waals surface area contributed by atoms with Gasteiger partial charge in [-0.1, -0.05) is 12.8 Å². The van der Waals surface area contributed by atoms with E-state index in [1.165, 1.54) is 25.7 Å². The van der Waals surface area contributed by atoms with E-state index in [1.54, 1.807) is 0 Å². The first-order valence-corrected chi connectivity index (χ1v) is 5.57. The van der Waals surface area contributed by atoms with Crippen molar-refractivity contribution in [2.45, 2.75) is 38.3 Å². The van der Waals surface area contributed by atoms with Crippen LogP contribution in [0.1, 0.15) is 31.4 Å². The molecule has 0 saturated heterocycles. The van der Waals surface area contributed by atoms with E-state index in [9.17, 15) is 0 Å². The number of rotatable bonds is 3. The van der Waals surface area contributed by atoms with Crippen LogP contribution in [0.15, 0.2) is 12.1 Å². The zero-order chi connectivity index (χ0) is 10.7. The molecule has 4 heteroatoms. The lowest BCUT2D eigenvalue weighted by Gasteiger charge is -2.24. The molecule has 0 amide bonds. The molecule has 1 fully saturated rings. The molecule has 0 aromatic carbocycles. The lowest BCUT2D eigenvalue weighted by molar-refractivity contribution is 0.641. The highest BCUT2D eigenvalue weighted by molar-refractivity contribution is 5.37. The summed E-state index contributed by atoms with van der Waals surface area (Å²) in [6.07, 6.45) is 5.22. The Labute approximate surface area is 90.5 Å². The predicted molar refractivity (Wildman–Crippen MR) is 60.6 cm³/mol. The second kappa shape index (κ2) is 4.57. The number of hydrogen-bond donors (Lipinski definition) is 1. The Hall–Kier alpha value is -1.16. The van der Waals surface area contributed by atoms with Crippen molar-refractivity contribution >= 4 is 5.82 Å². The highest BCUT2D eigenvalue weighted by atomic mass is 15.3. The lowest BCUT2D eigenvalue weighted by atomic mass is 10.2. The molecule has 0 spiro atoms. The van der Waals surface area contributed by atoms with Gasteiger partial charge in [-0.25, -0.2) is 0 Å². The molecule has 4 nitrogen and oxygen atoms in total. The van der Waals surface area contributed by atoms with Gasteiger partial charge in [0, 0.05) is 19.6 Å². The Morgan fingerprint density at radius 2 is 2.07 bits per heavy atom. The van der Waals surface area contributed by atoms with Gasteiger partial charge < -0.3 is 10.6 Å². The van der Waals surface area contributed by atoms with Crippen molar-refractivity contribution in [3.05, 3.63) is 17.8 Å². The third-order valence-corrected chi connectivity index (χ3v) is 3.15. The van der Waals surface area contributed by atoms with Gasteiger partial charge in [0.05, 0.1) is 5.69 Å². The van der Waals surface area contributed by atoms with Crippen molar-refractivity contribution in [1.29, 1.82) is 0 Å². The number of hydrogen-bond acceptors (Lipinski definition) is 4. The smallest absolute Gasteiger partial charge is 0.151 e. The highest BCUT2D eigenvalue weighted by Gasteiger charge is 2.20.